The maximum absolute atomic E-state index is 3.94. The van der Waals surface area contributed by atoms with Gasteiger partial charge in [-0.1, -0.05) is 97.1 Å². The second-order valence-corrected chi connectivity index (χ2v) is 13.9. The topological polar surface area (TPSA) is 33.9 Å². The van der Waals surface area contributed by atoms with Gasteiger partial charge in [-0.05, 0) is 93.3 Å². The minimum atomic E-state index is 0.0639. The number of nitrogens with one attached hydrogen (secondary N) is 2. The van der Waals surface area contributed by atoms with Crippen LogP contribution in [0.5, 0.6) is 0 Å². The van der Waals surface area contributed by atoms with Crippen molar-refractivity contribution in [1.82, 2.24) is 9.13 Å². The average molecular weight is 639 g/mol. The number of hydrogen-bond acceptors (Lipinski definition) is 2. The van der Waals surface area contributed by atoms with E-state index in [0.29, 0.717) is 0 Å². The van der Waals surface area contributed by atoms with E-state index in [1.54, 1.807) is 0 Å². The van der Waals surface area contributed by atoms with Gasteiger partial charge in [0.2, 0.25) is 0 Å². The Labute approximate surface area is 287 Å². The van der Waals surface area contributed by atoms with Gasteiger partial charge in [0.05, 0.1) is 39.5 Å². The average Bonchev–Trinajstić information content (AvgIpc) is 3.81. The number of rotatable bonds is 2. The number of aromatic nitrogens is 2. The molecule has 4 heterocycles. The van der Waals surface area contributed by atoms with Crippen LogP contribution in [0, 0.1) is 0 Å². The van der Waals surface area contributed by atoms with E-state index in [4.69, 9.17) is 0 Å². The van der Waals surface area contributed by atoms with Crippen molar-refractivity contribution in [2.75, 3.05) is 10.6 Å². The van der Waals surface area contributed by atoms with Gasteiger partial charge < -0.3 is 19.8 Å². The third-order valence-corrected chi connectivity index (χ3v) is 11.3. The minimum absolute atomic E-state index is 0.0639. The molecule has 0 radical (unpaired) electrons. The third-order valence-electron chi connectivity index (χ3n) is 11.3. The van der Waals surface area contributed by atoms with Crippen LogP contribution >= 0.6 is 0 Å². The van der Waals surface area contributed by atoms with E-state index >= 15 is 0 Å². The van der Waals surface area contributed by atoms with Gasteiger partial charge in [0.25, 0.3) is 0 Å². The Morgan fingerprint density at radius 2 is 1.06 bits per heavy atom. The van der Waals surface area contributed by atoms with E-state index < -0.39 is 0 Å². The first-order chi connectivity index (χ1) is 24.8. The van der Waals surface area contributed by atoms with Crippen molar-refractivity contribution in [2.24, 2.45) is 0 Å². The van der Waals surface area contributed by atoms with E-state index in [-0.39, 0.29) is 12.2 Å². The highest BCUT2D eigenvalue weighted by atomic mass is 15.3. The Morgan fingerprint density at radius 1 is 0.440 bits per heavy atom. The molecular weight excluding hydrogens is 609 g/mol. The normalized spacial score (nSPS) is 16.3. The fourth-order valence-corrected chi connectivity index (χ4v) is 9.18. The molecule has 2 aromatic heterocycles. The third kappa shape index (κ3) is 3.40. The van der Waals surface area contributed by atoms with Gasteiger partial charge in [-0.25, -0.2) is 0 Å². The number of para-hydroxylation sites is 3. The molecule has 2 N–H and O–H groups in total. The summed E-state index contributed by atoms with van der Waals surface area (Å²) in [5.41, 5.74) is 12.3. The Morgan fingerprint density at radius 3 is 1.84 bits per heavy atom. The predicted molar refractivity (Wildman–Crippen MR) is 210 cm³/mol. The number of benzene rings is 8. The van der Waals surface area contributed by atoms with Crippen LogP contribution in [0.1, 0.15) is 17.8 Å². The lowest BCUT2D eigenvalue weighted by Gasteiger charge is -2.33. The predicted octanol–water partition coefficient (Wildman–Crippen LogP) is 12.0. The summed E-state index contributed by atoms with van der Waals surface area (Å²) < 4.78 is 4.97. The van der Waals surface area contributed by atoms with Crippen LogP contribution in [-0.4, -0.2) is 9.13 Å². The van der Waals surface area contributed by atoms with E-state index in [0.717, 1.165) is 11.4 Å². The second kappa shape index (κ2) is 9.55. The van der Waals surface area contributed by atoms with Crippen LogP contribution in [0.15, 0.2) is 158 Å². The molecule has 10 aromatic rings. The van der Waals surface area contributed by atoms with Gasteiger partial charge in [-0.3, -0.25) is 0 Å². The minimum Gasteiger partial charge on any atom is -0.373 e. The Bertz CT molecular complexity index is 3060. The second-order valence-electron chi connectivity index (χ2n) is 13.9. The van der Waals surface area contributed by atoms with Crippen LogP contribution < -0.4 is 10.6 Å². The van der Waals surface area contributed by atoms with Crippen molar-refractivity contribution < 1.29 is 0 Å². The molecule has 0 saturated carbocycles. The highest BCUT2D eigenvalue weighted by Gasteiger charge is 2.40. The zero-order chi connectivity index (χ0) is 32.5. The molecule has 2 unspecified atom stereocenters. The standard InChI is InChI=1S/C46H30N4/c1-2-12-31(13-3-1)49-39-21-20-29(24-34(39)42-32-14-6-4-10-27(32)18-22-40(42)49)30-25-35-43-33-15-7-5-11-28(33)19-23-41(43)50-45(35)36(26-30)44-46(50)48-38-17-9-8-16-37(38)47-44/h1-26,44,46-48H. The van der Waals surface area contributed by atoms with Gasteiger partial charge >= 0.3 is 0 Å². The van der Waals surface area contributed by atoms with Crippen molar-refractivity contribution >= 4 is 76.5 Å². The molecule has 2 atom stereocenters. The summed E-state index contributed by atoms with van der Waals surface area (Å²) in [4.78, 5) is 0. The highest BCUT2D eigenvalue weighted by molar-refractivity contribution is 6.24. The zero-order valence-corrected chi connectivity index (χ0v) is 27.1. The fourth-order valence-electron chi connectivity index (χ4n) is 9.18. The van der Waals surface area contributed by atoms with E-state index in [1.807, 2.05) is 0 Å². The number of hydrogen-bond donors (Lipinski definition) is 2. The van der Waals surface area contributed by atoms with Gasteiger partial charge in [0.1, 0.15) is 6.17 Å². The Balaban J connectivity index is 1.17. The lowest BCUT2D eigenvalue weighted by Crippen LogP contribution is -2.29. The summed E-state index contributed by atoms with van der Waals surface area (Å²) >= 11 is 0. The number of nitrogens with zero attached hydrogens (tertiary/aromatic N) is 2. The zero-order valence-electron chi connectivity index (χ0n) is 27.1. The summed E-state index contributed by atoms with van der Waals surface area (Å²) in [5, 5.41) is 18.2. The quantitative estimate of drug-likeness (QED) is 0.198. The fraction of sp³-hybridized carbons (Fsp3) is 0.0435. The molecule has 2 aliphatic heterocycles. The molecule has 0 saturated heterocycles. The Hall–Kier alpha value is -6.52. The lowest BCUT2D eigenvalue weighted by atomic mass is 9.93. The first-order valence-electron chi connectivity index (χ1n) is 17.4. The molecule has 4 nitrogen and oxygen atoms in total. The van der Waals surface area contributed by atoms with Gasteiger partial charge in [-0.2, -0.15) is 0 Å². The summed E-state index contributed by atoms with van der Waals surface area (Å²) in [5.74, 6) is 0. The SMILES string of the molecule is c1ccc(-n2c3ccc(-c4cc5c6c(c4)c4c7ccccc7ccc4n6C4Nc6ccccc6NC54)cc3c3c4ccccc4ccc32)cc1. The van der Waals surface area contributed by atoms with Crippen LogP contribution in [0.4, 0.5) is 11.4 Å². The molecule has 50 heavy (non-hydrogen) atoms. The number of fused-ring (bicyclic) bond motifs is 14. The van der Waals surface area contributed by atoms with E-state index in [9.17, 15) is 0 Å². The molecule has 4 heteroatoms. The molecule has 0 fully saturated rings. The first-order valence-corrected chi connectivity index (χ1v) is 17.4. The molecule has 234 valence electrons. The molecule has 0 amide bonds. The first kappa shape index (κ1) is 26.4. The van der Waals surface area contributed by atoms with Crippen molar-refractivity contribution in [1.29, 1.82) is 0 Å². The molecule has 0 bridgehead atoms. The highest BCUT2D eigenvalue weighted by Crippen LogP contribution is 2.53. The Kier molecular flexibility index (Phi) is 5.05. The van der Waals surface area contributed by atoms with Crippen molar-refractivity contribution in [3.8, 4) is 16.8 Å². The summed E-state index contributed by atoms with van der Waals surface area (Å²) in [6.45, 7) is 0. The van der Waals surface area contributed by atoms with Gasteiger partial charge in [-0.15, -0.1) is 0 Å². The lowest BCUT2D eigenvalue weighted by molar-refractivity contribution is 0.540. The van der Waals surface area contributed by atoms with Crippen LogP contribution in [0.2, 0.25) is 0 Å². The van der Waals surface area contributed by atoms with E-state index in [2.05, 4.69) is 177 Å². The van der Waals surface area contributed by atoms with Crippen LogP contribution in [0.25, 0.3) is 82.0 Å². The number of anilines is 2. The summed E-state index contributed by atoms with van der Waals surface area (Å²) in [6.07, 6.45) is 0.0639. The van der Waals surface area contributed by atoms with Crippen molar-refractivity contribution in [3.63, 3.8) is 0 Å². The van der Waals surface area contributed by atoms with Gasteiger partial charge in [0, 0.05) is 32.8 Å². The molecule has 2 aliphatic rings. The van der Waals surface area contributed by atoms with Crippen molar-refractivity contribution in [2.45, 2.75) is 12.2 Å². The van der Waals surface area contributed by atoms with Crippen LogP contribution in [-0.2, 0) is 0 Å². The van der Waals surface area contributed by atoms with Crippen molar-refractivity contribution in [3.05, 3.63) is 163 Å². The summed E-state index contributed by atoms with van der Waals surface area (Å²) in [7, 11) is 0. The molecule has 0 spiro atoms. The maximum Gasteiger partial charge on any atom is 0.129 e. The van der Waals surface area contributed by atoms with Crippen LogP contribution in [0.3, 0.4) is 0 Å². The van der Waals surface area contributed by atoms with E-state index in [1.165, 1.54) is 87.5 Å². The molecular formula is C46H30N4. The summed E-state index contributed by atoms with van der Waals surface area (Å²) in [6, 6.07) is 58.2. The molecule has 0 aliphatic carbocycles. The smallest absolute Gasteiger partial charge is 0.129 e. The molecule has 8 aromatic carbocycles. The van der Waals surface area contributed by atoms with Gasteiger partial charge in [0.15, 0.2) is 0 Å². The monoisotopic (exact) mass is 638 g/mol. The maximum atomic E-state index is 3.94. The molecule has 12 rings (SSSR count). The largest absolute Gasteiger partial charge is 0.373 e.